The minimum absolute atomic E-state index is 0.180. The Kier molecular flexibility index (Phi) is 7.68. The zero-order chi connectivity index (χ0) is 20.5. The molecule has 0 fully saturated rings. The van der Waals surface area contributed by atoms with E-state index in [1.54, 1.807) is 18.2 Å². The van der Waals surface area contributed by atoms with E-state index in [4.69, 9.17) is 9.47 Å². The number of nitrogens with one attached hydrogen (secondary N) is 1. The summed E-state index contributed by atoms with van der Waals surface area (Å²) in [6, 6.07) is 9.04. The monoisotopic (exact) mass is 387 g/mol. The quantitative estimate of drug-likeness (QED) is 0.384. The highest BCUT2D eigenvalue weighted by molar-refractivity contribution is 6.05. The fraction of sp³-hybridized carbons (Fsp3) is 0.333. The molecule has 0 bridgehead atoms. The minimum Gasteiger partial charge on any atom is -0.506 e. The number of carbonyl (C=O) groups excluding carboxylic acids is 2. The molecule has 0 aromatic heterocycles. The number of phenols is 1. The van der Waals surface area contributed by atoms with Crippen molar-refractivity contribution in [3.63, 3.8) is 0 Å². The maximum Gasteiger partial charge on any atom is 0.337 e. The summed E-state index contributed by atoms with van der Waals surface area (Å²) in [5.74, 6) is -0.176. The molecule has 0 radical (unpaired) electrons. The van der Waals surface area contributed by atoms with Gasteiger partial charge in [-0.2, -0.15) is 0 Å². The first-order chi connectivity index (χ1) is 13.5. The maximum atomic E-state index is 12.6. The van der Waals surface area contributed by atoms with Crippen molar-refractivity contribution in [2.24, 2.45) is 0 Å². The van der Waals surface area contributed by atoms with Gasteiger partial charge in [-0.3, -0.25) is 4.79 Å². The van der Waals surface area contributed by atoms with E-state index in [0.717, 1.165) is 12.8 Å². The third-order valence-corrected chi connectivity index (χ3v) is 3.93. The first-order valence-electron chi connectivity index (χ1n) is 9.12. The Hall–Kier alpha value is -3.22. The van der Waals surface area contributed by atoms with Gasteiger partial charge >= 0.3 is 5.97 Å². The van der Waals surface area contributed by atoms with Gasteiger partial charge in [-0.05, 0) is 49.7 Å². The van der Waals surface area contributed by atoms with Gasteiger partial charge in [0, 0.05) is 5.56 Å². The van der Waals surface area contributed by atoms with Gasteiger partial charge in [-0.25, -0.2) is 4.79 Å². The number of ether oxygens (including phenoxy) is 3. The molecule has 0 spiro atoms. The van der Waals surface area contributed by atoms with E-state index in [-0.39, 0.29) is 17.0 Å². The number of carbonyl (C=O) groups is 2. The van der Waals surface area contributed by atoms with E-state index in [0.29, 0.717) is 30.3 Å². The number of phenolic OH excluding ortho intramolecular Hbond substituents is 1. The third-order valence-electron chi connectivity index (χ3n) is 3.93. The molecule has 2 aromatic rings. The Bertz CT molecular complexity index is 834. The fourth-order valence-corrected chi connectivity index (χ4v) is 2.44. The zero-order valence-electron chi connectivity index (χ0n) is 16.3. The van der Waals surface area contributed by atoms with Crippen LogP contribution in [0.15, 0.2) is 36.4 Å². The number of hydrogen-bond acceptors (Lipinski definition) is 6. The number of rotatable bonds is 9. The molecule has 1 amide bonds. The van der Waals surface area contributed by atoms with Crippen LogP contribution in [-0.4, -0.2) is 37.3 Å². The standard InChI is InChI=1S/C21H25NO6/c1-4-6-11-28-18-10-8-14(13-19(18)27-5-2)20(24)22-16-9-7-15(12-17(16)23)21(25)26-3/h7-10,12-13,23H,4-6,11H2,1-3H3,(H,22,24). The van der Waals surface area contributed by atoms with Crippen LogP contribution in [0.1, 0.15) is 47.4 Å². The van der Waals surface area contributed by atoms with Crippen LogP contribution < -0.4 is 14.8 Å². The second-order valence-electron chi connectivity index (χ2n) is 5.97. The molecule has 0 saturated carbocycles. The highest BCUT2D eigenvalue weighted by atomic mass is 16.5. The second-order valence-corrected chi connectivity index (χ2v) is 5.97. The number of hydrogen-bond donors (Lipinski definition) is 2. The molecule has 0 aliphatic heterocycles. The summed E-state index contributed by atoms with van der Waals surface area (Å²) in [6.45, 7) is 4.93. The SMILES string of the molecule is CCCCOc1ccc(C(=O)Nc2ccc(C(=O)OC)cc2O)cc1OCC. The van der Waals surface area contributed by atoms with Crippen LogP contribution in [0, 0.1) is 0 Å². The van der Waals surface area contributed by atoms with Gasteiger partial charge in [0.05, 0.1) is 31.6 Å². The van der Waals surface area contributed by atoms with Crippen LogP contribution in [0.5, 0.6) is 17.2 Å². The number of anilines is 1. The van der Waals surface area contributed by atoms with E-state index in [2.05, 4.69) is 17.0 Å². The van der Waals surface area contributed by atoms with Crippen molar-refractivity contribution < 1.29 is 28.9 Å². The first kappa shape index (κ1) is 21.1. The van der Waals surface area contributed by atoms with Gasteiger partial charge in [-0.1, -0.05) is 13.3 Å². The topological polar surface area (TPSA) is 94.1 Å². The Labute approximate surface area is 164 Å². The van der Waals surface area contributed by atoms with Crippen LogP contribution in [0.4, 0.5) is 5.69 Å². The fourth-order valence-electron chi connectivity index (χ4n) is 2.44. The van der Waals surface area contributed by atoms with E-state index in [9.17, 15) is 14.7 Å². The molecule has 7 nitrogen and oxygen atoms in total. The third kappa shape index (κ3) is 5.39. The van der Waals surface area contributed by atoms with Crippen molar-refractivity contribution in [3.05, 3.63) is 47.5 Å². The minimum atomic E-state index is -0.576. The van der Waals surface area contributed by atoms with E-state index >= 15 is 0 Å². The molecule has 2 N–H and O–H groups in total. The van der Waals surface area contributed by atoms with Gasteiger partial charge in [0.15, 0.2) is 11.5 Å². The van der Waals surface area contributed by atoms with Crippen LogP contribution in [0.3, 0.4) is 0 Å². The van der Waals surface area contributed by atoms with Crippen LogP contribution >= 0.6 is 0 Å². The summed E-state index contributed by atoms with van der Waals surface area (Å²) in [5.41, 5.74) is 0.715. The molecule has 0 saturated heterocycles. The lowest BCUT2D eigenvalue weighted by atomic mass is 10.1. The number of methoxy groups -OCH3 is 1. The lowest BCUT2D eigenvalue weighted by molar-refractivity contribution is 0.0600. The molecule has 2 aromatic carbocycles. The van der Waals surface area contributed by atoms with Gasteiger partial charge in [0.2, 0.25) is 0 Å². The molecule has 0 unspecified atom stereocenters. The lowest BCUT2D eigenvalue weighted by Gasteiger charge is -2.14. The molecule has 0 atom stereocenters. The van der Waals surface area contributed by atoms with Crippen molar-refractivity contribution in [1.29, 1.82) is 0 Å². The van der Waals surface area contributed by atoms with Crippen molar-refractivity contribution >= 4 is 17.6 Å². The molecule has 7 heteroatoms. The molecule has 28 heavy (non-hydrogen) atoms. The van der Waals surface area contributed by atoms with E-state index in [1.807, 2.05) is 6.92 Å². The Morgan fingerprint density at radius 1 is 1.00 bits per heavy atom. The van der Waals surface area contributed by atoms with Crippen molar-refractivity contribution in [2.75, 3.05) is 25.6 Å². The van der Waals surface area contributed by atoms with Crippen LogP contribution in [0.25, 0.3) is 0 Å². The van der Waals surface area contributed by atoms with Crippen LogP contribution in [-0.2, 0) is 4.74 Å². The first-order valence-corrected chi connectivity index (χ1v) is 9.12. The van der Waals surface area contributed by atoms with E-state index in [1.165, 1.54) is 25.3 Å². The largest absolute Gasteiger partial charge is 0.506 e. The highest BCUT2D eigenvalue weighted by Crippen LogP contribution is 2.30. The van der Waals surface area contributed by atoms with Crippen LogP contribution in [0.2, 0.25) is 0 Å². The van der Waals surface area contributed by atoms with Crippen molar-refractivity contribution in [2.45, 2.75) is 26.7 Å². The van der Waals surface area contributed by atoms with Gasteiger partial charge in [0.25, 0.3) is 5.91 Å². The molecule has 0 aliphatic rings. The smallest absolute Gasteiger partial charge is 0.337 e. The summed E-state index contributed by atoms with van der Waals surface area (Å²) in [5, 5.41) is 12.7. The molecule has 0 heterocycles. The molecule has 150 valence electrons. The molecule has 0 aliphatic carbocycles. The Morgan fingerprint density at radius 2 is 1.75 bits per heavy atom. The van der Waals surface area contributed by atoms with Crippen molar-refractivity contribution in [1.82, 2.24) is 0 Å². The van der Waals surface area contributed by atoms with Gasteiger partial charge in [0.1, 0.15) is 5.75 Å². The number of unbranched alkanes of at least 4 members (excludes halogenated alkanes) is 1. The average molecular weight is 387 g/mol. The molecule has 2 rings (SSSR count). The summed E-state index contributed by atoms with van der Waals surface area (Å²) in [4.78, 5) is 24.1. The number of esters is 1. The van der Waals surface area contributed by atoms with Gasteiger partial charge < -0.3 is 24.6 Å². The predicted octanol–water partition coefficient (Wildman–Crippen LogP) is 4.01. The van der Waals surface area contributed by atoms with Crippen molar-refractivity contribution in [3.8, 4) is 17.2 Å². The predicted molar refractivity (Wildman–Crippen MR) is 105 cm³/mol. The highest BCUT2D eigenvalue weighted by Gasteiger charge is 2.15. The number of amides is 1. The second kappa shape index (κ2) is 10.2. The number of aromatic hydroxyl groups is 1. The maximum absolute atomic E-state index is 12.6. The lowest BCUT2D eigenvalue weighted by Crippen LogP contribution is -2.13. The Morgan fingerprint density at radius 3 is 2.39 bits per heavy atom. The molecular formula is C21H25NO6. The summed E-state index contributed by atoms with van der Waals surface area (Å²) >= 11 is 0. The van der Waals surface area contributed by atoms with E-state index < -0.39 is 11.9 Å². The van der Waals surface area contributed by atoms with Gasteiger partial charge in [-0.15, -0.1) is 0 Å². The normalized spacial score (nSPS) is 10.2. The average Bonchev–Trinajstić information content (AvgIpc) is 2.70. The Balaban J connectivity index is 2.17. The number of benzene rings is 2. The summed E-state index contributed by atoms with van der Waals surface area (Å²) in [6.07, 6.45) is 1.94. The summed E-state index contributed by atoms with van der Waals surface area (Å²) in [7, 11) is 1.25. The zero-order valence-corrected chi connectivity index (χ0v) is 16.3. The summed E-state index contributed by atoms with van der Waals surface area (Å²) < 4.78 is 15.9. The molecular weight excluding hydrogens is 362 g/mol.